The molecule has 0 N–H and O–H groups in total. The average molecular weight is 629 g/mol. The first-order valence-electron chi connectivity index (χ1n) is 18.4. The summed E-state index contributed by atoms with van der Waals surface area (Å²) in [4.78, 5) is 14.9. The van der Waals surface area contributed by atoms with Crippen LogP contribution < -0.4 is 0 Å². The number of ether oxygens (including phenoxy) is 1. The number of allylic oxidation sites excluding steroid dienone is 2. The van der Waals surface area contributed by atoms with Crippen molar-refractivity contribution in [3.8, 4) is 0 Å². The molecule has 6 aliphatic rings. The summed E-state index contributed by atoms with van der Waals surface area (Å²) in [7, 11) is 1.61. The van der Waals surface area contributed by atoms with E-state index in [4.69, 9.17) is 4.74 Å². The third-order valence-electron chi connectivity index (χ3n) is 16.1. The van der Waals surface area contributed by atoms with E-state index in [2.05, 4.69) is 60.7 Å². The van der Waals surface area contributed by atoms with Gasteiger partial charge in [-0.15, -0.1) is 0 Å². The van der Waals surface area contributed by atoms with Gasteiger partial charge in [-0.1, -0.05) is 60.7 Å². The Morgan fingerprint density at radius 2 is 1.12 bits per heavy atom. The summed E-state index contributed by atoms with van der Waals surface area (Å²) >= 11 is 0. The molecular weight excluding hydrogens is 609 g/mol. The Bertz CT molecular complexity index is 3840. The Balaban J connectivity index is 1.27. The van der Waals surface area contributed by atoms with Gasteiger partial charge >= 0.3 is 5.97 Å². The van der Waals surface area contributed by atoms with Crippen molar-refractivity contribution < 1.29 is 9.53 Å². The van der Waals surface area contributed by atoms with Crippen molar-refractivity contribution in [1.82, 2.24) is 0 Å². The molecule has 0 heterocycles. The van der Waals surface area contributed by atoms with Gasteiger partial charge in [0.15, 0.2) is 0 Å². The number of hydrogen-bond acceptors (Lipinski definition) is 2. The molecule has 1 saturated carbocycles. The fraction of sp³-hybridized carbons (Fsp3) is 0.146. The number of rotatable bonds is 2. The van der Waals surface area contributed by atoms with Crippen molar-refractivity contribution >= 4 is 119 Å². The van der Waals surface area contributed by atoms with Crippen LogP contribution in [-0.2, 0) is 39.6 Å². The Hall–Kier alpha value is -5.73. The Morgan fingerprint density at radius 1 is 0.580 bits per heavy atom. The van der Waals surface area contributed by atoms with Crippen molar-refractivity contribution in [2.45, 2.75) is 36.0 Å². The molecule has 0 aromatic heterocycles. The number of hydrogen-bond donors (Lipinski definition) is 0. The number of carbonyl (C=O) groups is 1. The largest absolute Gasteiger partial charge is 0.468 e. The highest BCUT2D eigenvalue weighted by Gasteiger charge is 2.85. The van der Waals surface area contributed by atoms with Crippen LogP contribution in [-0.4, -0.2) is 13.1 Å². The normalized spacial score (nSPS) is 24.8. The van der Waals surface area contributed by atoms with Crippen LogP contribution >= 0.6 is 0 Å². The Labute approximate surface area is 281 Å². The van der Waals surface area contributed by atoms with Crippen LogP contribution in [0.4, 0.5) is 0 Å². The number of fused-ring (bicyclic) bond motifs is 1. The zero-order valence-electron chi connectivity index (χ0n) is 26.8. The van der Waals surface area contributed by atoms with E-state index >= 15 is 0 Å². The molecular formula is C48H20O2. The molecule has 18 rings (SSSR count). The molecule has 0 amide bonds. The SMILES string of the molecule is COC(=O)C1(c2ccccc2)C2c3cc4cc5c6c4c4c3c3c7c8c9c%10c(cc%11c%12c%13c(cc(c%14c%13c%13c(c%12%10)c9c3c4c%13c6%14)C5)C%11)CC8=CC721. The average Bonchev–Trinajstić information content (AvgIpc) is 3.79. The lowest BCUT2D eigenvalue weighted by molar-refractivity contribution is -0.144. The molecule has 2 heteroatoms. The van der Waals surface area contributed by atoms with Gasteiger partial charge in [0.25, 0.3) is 0 Å². The summed E-state index contributed by atoms with van der Waals surface area (Å²) in [5, 5.41) is 30.4. The van der Waals surface area contributed by atoms with Gasteiger partial charge in [-0.3, -0.25) is 4.79 Å². The lowest BCUT2D eigenvalue weighted by Gasteiger charge is -2.24. The summed E-state index contributed by atoms with van der Waals surface area (Å²) in [5.74, 6) is -0.103. The minimum Gasteiger partial charge on any atom is -0.468 e. The summed E-state index contributed by atoms with van der Waals surface area (Å²) in [5.41, 5.74) is 13.2. The minimum absolute atomic E-state index is 0.0104. The molecule has 12 aromatic carbocycles. The van der Waals surface area contributed by atoms with Crippen LogP contribution in [0.2, 0.25) is 0 Å². The van der Waals surface area contributed by atoms with Crippen molar-refractivity contribution in [1.29, 1.82) is 0 Å². The predicted molar refractivity (Wildman–Crippen MR) is 202 cm³/mol. The topological polar surface area (TPSA) is 26.3 Å². The molecule has 50 heavy (non-hydrogen) atoms. The lowest BCUT2D eigenvalue weighted by Crippen LogP contribution is -2.30. The van der Waals surface area contributed by atoms with Gasteiger partial charge in [0.05, 0.1) is 7.11 Å². The van der Waals surface area contributed by atoms with Crippen LogP contribution in [0.25, 0.3) is 113 Å². The summed E-state index contributed by atoms with van der Waals surface area (Å²) in [6, 6.07) is 21.0. The molecule has 0 saturated heterocycles. The van der Waals surface area contributed by atoms with Gasteiger partial charge in [-0.05, 0) is 183 Å². The third-order valence-corrected chi connectivity index (χ3v) is 16.1. The standard InChI is InChI=1S/C48H20O2/c1-50-46(49)48(22-5-3-2-4-6-22)45-23-13-20-11-17-9-18-8-15-7-16-10-19-12-21-14-47(45,48)44-30(21)35-29(19)34-25(16)24(15)32-28(18)33-26(17)27(20)36-31(23)43(44)42-40(35)38(34)37(32)39(33)41(36)42/h2-6,8,10-11,13-14,45H,7,9,12H2,1H3. The van der Waals surface area contributed by atoms with E-state index in [1.54, 1.807) is 61.1 Å². The second-order valence-corrected chi connectivity index (χ2v) is 17.2. The number of benzene rings is 8. The third kappa shape index (κ3) is 1.51. The van der Waals surface area contributed by atoms with E-state index in [1.807, 2.05) is 0 Å². The summed E-state index contributed by atoms with van der Waals surface area (Å²) < 4.78 is 5.95. The Kier molecular flexibility index (Phi) is 2.53. The van der Waals surface area contributed by atoms with E-state index in [1.165, 1.54) is 104 Å². The second-order valence-electron chi connectivity index (χ2n) is 17.2. The van der Waals surface area contributed by atoms with E-state index in [0.717, 1.165) is 24.8 Å². The van der Waals surface area contributed by atoms with Crippen LogP contribution in [0.1, 0.15) is 56.0 Å². The molecule has 3 unspecified atom stereocenters. The maximum Gasteiger partial charge on any atom is 0.318 e. The molecule has 0 aliphatic heterocycles. The van der Waals surface area contributed by atoms with Crippen LogP contribution in [0, 0.1) is 0 Å². The van der Waals surface area contributed by atoms with E-state index in [0.29, 0.717) is 0 Å². The number of methoxy groups -OCH3 is 1. The van der Waals surface area contributed by atoms with Gasteiger partial charge in [0, 0.05) is 11.3 Å². The highest BCUT2D eigenvalue weighted by Crippen LogP contribution is 2.84. The smallest absolute Gasteiger partial charge is 0.318 e. The van der Waals surface area contributed by atoms with Gasteiger partial charge in [0.1, 0.15) is 5.41 Å². The summed E-state index contributed by atoms with van der Waals surface area (Å²) in [6.07, 6.45) is 5.59. The highest BCUT2D eigenvalue weighted by atomic mass is 16.5. The van der Waals surface area contributed by atoms with E-state index in [9.17, 15) is 4.79 Å². The maximum absolute atomic E-state index is 14.9. The maximum atomic E-state index is 14.9. The molecule has 3 atom stereocenters. The van der Waals surface area contributed by atoms with Crippen LogP contribution in [0.5, 0.6) is 0 Å². The highest BCUT2D eigenvalue weighted by molar-refractivity contribution is 6.64. The molecule has 0 bridgehead atoms. The van der Waals surface area contributed by atoms with Gasteiger partial charge in [0.2, 0.25) is 0 Å². The second kappa shape index (κ2) is 5.72. The van der Waals surface area contributed by atoms with Crippen LogP contribution in [0.15, 0.2) is 60.7 Å². The molecule has 12 aromatic rings. The Morgan fingerprint density at radius 3 is 1.82 bits per heavy atom. The first kappa shape index (κ1) is 22.1. The monoisotopic (exact) mass is 628 g/mol. The van der Waals surface area contributed by atoms with E-state index in [-0.39, 0.29) is 11.9 Å². The van der Waals surface area contributed by atoms with Gasteiger partial charge in [-0.25, -0.2) is 0 Å². The number of carbonyl (C=O) groups excluding carboxylic acids is 1. The molecule has 1 fully saturated rings. The minimum atomic E-state index is -0.811. The molecule has 224 valence electrons. The van der Waals surface area contributed by atoms with Crippen molar-refractivity contribution in [3.05, 3.63) is 111 Å². The van der Waals surface area contributed by atoms with Gasteiger partial charge in [-0.2, -0.15) is 0 Å². The fourth-order valence-corrected chi connectivity index (χ4v) is 15.2. The van der Waals surface area contributed by atoms with Crippen LogP contribution in [0.3, 0.4) is 0 Å². The first-order chi connectivity index (χ1) is 24.7. The first-order valence-corrected chi connectivity index (χ1v) is 18.4. The predicted octanol–water partition coefficient (Wildman–Crippen LogP) is 10.5. The zero-order chi connectivity index (χ0) is 31.4. The zero-order valence-corrected chi connectivity index (χ0v) is 26.8. The van der Waals surface area contributed by atoms with Crippen molar-refractivity contribution in [3.63, 3.8) is 0 Å². The van der Waals surface area contributed by atoms with E-state index < -0.39 is 10.8 Å². The molecule has 1 spiro atoms. The van der Waals surface area contributed by atoms with Gasteiger partial charge < -0.3 is 4.74 Å². The fourth-order valence-electron chi connectivity index (χ4n) is 15.2. The summed E-state index contributed by atoms with van der Waals surface area (Å²) in [6.45, 7) is 0. The van der Waals surface area contributed by atoms with Crippen molar-refractivity contribution in [2.24, 2.45) is 0 Å². The number of esters is 1. The molecule has 6 aliphatic carbocycles. The molecule has 2 nitrogen and oxygen atoms in total. The lowest BCUT2D eigenvalue weighted by atomic mass is 9.78. The quantitative estimate of drug-likeness (QED) is 0.141. The molecule has 0 radical (unpaired) electrons. The van der Waals surface area contributed by atoms with Crippen molar-refractivity contribution in [2.75, 3.05) is 7.11 Å².